The van der Waals surface area contributed by atoms with E-state index in [2.05, 4.69) is 16.0 Å². The van der Waals surface area contributed by atoms with Crippen molar-refractivity contribution in [3.05, 3.63) is 69.9 Å². The smallest absolute Gasteiger partial charge is 0.259 e. The Kier molecular flexibility index (Phi) is 4.67. The van der Waals surface area contributed by atoms with E-state index >= 15 is 0 Å². The zero-order valence-electron chi connectivity index (χ0n) is 14.9. The zero-order valence-corrected chi connectivity index (χ0v) is 14.9. The average molecular weight is 350 g/mol. The van der Waals surface area contributed by atoms with Crippen molar-refractivity contribution in [3.8, 4) is 0 Å². The van der Waals surface area contributed by atoms with Crippen molar-refractivity contribution in [3.63, 3.8) is 0 Å². The van der Waals surface area contributed by atoms with Gasteiger partial charge in [-0.05, 0) is 43.0 Å². The van der Waals surface area contributed by atoms with Gasteiger partial charge in [0.05, 0.1) is 13.2 Å². The first-order valence-corrected chi connectivity index (χ1v) is 8.96. The molecule has 0 unspecified atom stereocenters. The Bertz CT molecular complexity index is 963. The minimum Gasteiger partial charge on any atom is -0.378 e. The maximum atomic E-state index is 12.7. The number of morpholine rings is 1. The Morgan fingerprint density at radius 2 is 2.00 bits per heavy atom. The number of hydrogen-bond donors (Lipinski definition) is 0. The predicted octanol–water partition coefficient (Wildman–Crippen LogP) is 2.02. The molecule has 1 aliphatic rings. The number of aromatic nitrogens is 3. The van der Waals surface area contributed by atoms with Crippen LogP contribution >= 0.6 is 0 Å². The molecule has 6 nitrogen and oxygen atoms in total. The van der Waals surface area contributed by atoms with Crippen LogP contribution in [0.3, 0.4) is 0 Å². The first-order chi connectivity index (χ1) is 12.7. The number of fused-ring (bicyclic) bond motifs is 1. The highest BCUT2D eigenvalue weighted by Gasteiger charge is 2.16. The molecule has 4 heterocycles. The Labute approximate surface area is 152 Å². The Hall–Kier alpha value is -2.73. The lowest BCUT2D eigenvalue weighted by atomic mass is 10.1. The molecule has 0 N–H and O–H groups in total. The summed E-state index contributed by atoms with van der Waals surface area (Å²) in [5.41, 5.74) is 3.86. The molecular formula is C20H22N4O2. The molecule has 3 aromatic rings. The molecule has 26 heavy (non-hydrogen) atoms. The van der Waals surface area contributed by atoms with Crippen LogP contribution in [0.15, 0.2) is 47.5 Å². The van der Waals surface area contributed by atoms with E-state index in [1.54, 1.807) is 10.5 Å². The van der Waals surface area contributed by atoms with Gasteiger partial charge in [-0.25, -0.2) is 4.98 Å². The minimum atomic E-state index is -0.0423. The van der Waals surface area contributed by atoms with E-state index in [1.165, 1.54) is 0 Å². The van der Waals surface area contributed by atoms with Crippen LogP contribution in [0.2, 0.25) is 0 Å². The first-order valence-electron chi connectivity index (χ1n) is 8.96. The Morgan fingerprint density at radius 1 is 1.15 bits per heavy atom. The molecule has 0 aromatic carbocycles. The number of hydrogen-bond acceptors (Lipinski definition) is 5. The van der Waals surface area contributed by atoms with Crippen molar-refractivity contribution < 1.29 is 4.74 Å². The number of pyridine rings is 2. The fourth-order valence-corrected chi connectivity index (χ4v) is 3.36. The maximum Gasteiger partial charge on any atom is 0.259 e. The normalized spacial score (nSPS) is 14.7. The second-order valence-electron chi connectivity index (χ2n) is 6.61. The van der Waals surface area contributed by atoms with Crippen LogP contribution in [-0.4, -0.2) is 40.7 Å². The third kappa shape index (κ3) is 3.46. The Balaban J connectivity index is 1.73. The lowest BCUT2D eigenvalue weighted by molar-refractivity contribution is 0.122. The largest absolute Gasteiger partial charge is 0.378 e. The van der Waals surface area contributed by atoms with Gasteiger partial charge in [-0.2, -0.15) is 0 Å². The summed E-state index contributed by atoms with van der Waals surface area (Å²) in [6.45, 7) is 4.87. The summed E-state index contributed by atoms with van der Waals surface area (Å²) in [7, 11) is 0. The van der Waals surface area contributed by atoms with Gasteiger partial charge in [-0.3, -0.25) is 14.2 Å². The highest BCUT2D eigenvalue weighted by Crippen LogP contribution is 2.17. The quantitative estimate of drug-likeness (QED) is 0.720. The van der Waals surface area contributed by atoms with Crippen LogP contribution in [0.5, 0.6) is 0 Å². The van der Waals surface area contributed by atoms with Gasteiger partial charge in [-0.1, -0.05) is 12.1 Å². The maximum absolute atomic E-state index is 12.7. The average Bonchev–Trinajstić information content (AvgIpc) is 2.68. The van der Waals surface area contributed by atoms with Crippen LogP contribution in [0.25, 0.3) is 5.65 Å². The van der Waals surface area contributed by atoms with E-state index in [0.717, 1.165) is 54.2 Å². The molecule has 0 amide bonds. The summed E-state index contributed by atoms with van der Waals surface area (Å²) in [6.07, 6.45) is 5.28. The molecule has 0 spiro atoms. The van der Waals surface area contributed by atoms with Gasteiger partial charge < -0.3 is 9.64 Å². The van der Waals surface area contributed by atoms with Crippen molar-refractivity contribution in [2.45, 2.75) is 19.8 Å². The Morgan fingerprint density at radius 3 is 2.77 bits per heavy atom. The number of anilines is 1. The fraction of sp³-hybridized carbons (Fsp3) is 0.350. The van der Waals surface area contributed by atoms with Gasteiger partial charge in [-0.15, -0.1) is 0 Å². The fourth-order valence-electron chi connectivity index (χ4n) is 3.36. The molecule has 0 bridgehead atoms. The molecule has 4 rings (SSSR count). The van der Waals surface area contributed by atoms with Gasteiger partial charge >= 0.3 is 0 Å². The molecular weight excluding hydrogens is 328 g/mol. The summed E-state index contributed by atoms with van der Waals surface area (Å²) < 4.78 is 7.07. The lowest BCUT2D eigenvalue weighted by Crippen LogP contribution is -2.37. The summed E-state index contributed by atoms with van der Waals surface area (Å²) in [4.78, 5) is 24.0. The molecule has 1 aliphatic heterocycles. The SMILES string of the molecule is Cc1cc(CCc2ccccn2)c2nc(N3CCOCC3)cc(=O)n2c1. The predicted molar refractivity (Wildman–Crippen MR) is 101 cm³/mol. The molecule has 0 saturated carbocycles. The number of nitrogens with zero attached hydrogens (tertiary/aromatic N) is 4. The second kappa shape index (κ2) is 7.25. The summed E-state index contributed by atoms with van der Waals surface area (Å²) in [6, 6.07) is 9.68. The van der Waals surface area contributed by atoms with Crippen LogP contribution in [0, 0.1) is 6.92 Å². The van der Waals surface area contributed by atoms with Crippen molar-refractivity contribution in [1.82, 2.24) is 14.4 Å². The molecule has 6 heteroatoms. The van der Waals surface area contributed by atoms with E-state index in [0.29, 0.717) is 13.2 Å². The van der Waals surface area contributed by atoms with Crippen molar-refractivity contribution in [2.24, 2.45) is 0 Å². The van der Waals surface area contributed by atoms with E-state index in [1.807, 2.05) is 37.5 Å². The number of rotatable bonds is 4. The third-order valence-corrected chi connectivity index (χ3v) is 4.67. The number of ether oxygens (including phenoxy) is 1. The molecule has 134 valence electrons. The van der Waals surface area contributed by atoms with Crippen molar-refractivity contribution in [1.29, 1.82) is 0 Å². The number of aryl methyl sites for hydroxylation is 3. The first kappa shape index (κ1) is 16.7. The monoisotopic (exact) mass is 350 g/mol. The highest BCUT2D eigenvalue weighted by atomic mass is 16.5. The van der Waals surface area contributed by atoms with Gasteiger partial charge in [0.1, 0.15) is 11.5 Å². The minimum absolute atomic E-state index is 0.0423. The summed E-state index contributed by atoms with van der Waals surface area (Å²) in [5.74, 6) is 0.737. The van der Waals surface area contributed by atoms with Crippen LogP contribution in [0.4, 0.5) is 5.82 Å². The van der Waals surface area contributed by atoms with Crippen LogP contribution in [-0.2, 0) is 17.6 Å². The molecule has 3 aromatic heterocycles. The summed E-state index contributed by atoms with van der Waals surface area (Å²) >= 11 is 0. The summed E-state index contributed by atoms with van der Waals surface area (Å²) in [5, 5.41) is 0. The second-order valence-corrected chi connectivity index (χ2v) is 6.61. The van der Waals surface area contributed by atoms with Crippen molar-refractivity contribution in [2.75, 3.05) is 31.2 Å². The van der Waals surface area contributed by atoms with Gasteiger partial charge in [0.2, 0.25) is 0 Å². The van der Waals surface area contributed by atoms with Gasteiger partial charge in [0.25, 0.3) is 5.56 Å². The van der Waals surface area contributed by atoms with E-state index in [9.17, 15) is 4.79 Å². The van der Waals surface area contributed by atoms with Crippen LogP contribution < -0.4 is 10.5 Å². The third-order valence-electron chi connectivity index (χ3n) is 4.67. The molecule has 0 radical (unpaired) electrons. The topological polar surface area (TPSA) is 59.7 Å². The molecule has 1 fully saturated rings. The van der Waals surface area contributed by atoms with Gasteiger partial charge in [0.15, 0.2) is 0 Å². The van der Waals surface area contributed by atoms with Crippen LogP contribution in [0.1, 0.15) is 16.8 Å². The lowest BCUT2D eigenvalue weighted by Gasteiger charge is -2.28. The van der Waals surface area contributed by atoms with E-state index in [4.69, 9.17) is 9.72 Å². The molecule has 0 atom stereocenters. The van der Waals surface area contributed by atoms with Crippen molar-refractivity contribution >= 4 is 11.5 Å². The van der Waals surface area contributed by atoms with E-state index in [-0.39, 0.29) is 5.56 Å². The highest BCUT2D eigenvalue weighted by molar-refractivity contribution is 5.54. The molecule has 1 saturated heterocycles. The zero-order chi connectivity index (χ0) is 17.9. The standard InChI is InChI=1S/C20H22N4O2/c1-15-12-16(5-6-17-4-2-3-7-21-17)20-22-18(13-19(25)24(20)14-15)23-8-10-26-11-9-23/h2-4,7,12-14H,5-6,8-11H2,1H3. The molecule has 0 aliphatic carbocycles. The van der Waals surface area contributed by atoms with E-state index < -0.39 is 0 Å². The van der Waals surface area contributed by atoms with Gasteiger partial charge in [0, 0.05) is 37.2 Å².